The Morgan fingerprint density at radius 3 is 2.45 bits per heavy atom. The van der Waals surface area contributed by atoms with E-state index in [1.54, 1.807) is 18.7 Å². The number of ether oxygens (including phenoxy) is 2. The molecule has 1 saturated heterocycles. The Morgan fingerprint density at radius 2 is 1.76 bits per heavy atom. The minimum atomic E-state index is -0.550. The van der Waals surface area contributed by atoms with Crippen molar-refractivity contribution in [1.29, 1.82) is 0 Å². The molecular weight excluding hydrogens is 440 g/mol. The fourth-order valence-electron chi connectivity index (χ4n) is 4.55. The Kier molecular flexibility index (Phi) is 8.92. The van der Waals surface area contributed by atoms with Crippen LogP contribution in [-0.4, -0.2) is 54.0 Å². The van der Waals surface area contributed by atoms with Crippen LogP contribution in [0.3, 0.4) is 0 Å². The van der Waals surface area contributed by atoms with Gasteiger partial charge in [0.1, 0.15) is 5.75 Å². The summed E-state index contributed by atoms with van der Waals surface area (Å²) in [5.41, 5.74) is 2.67. The number of pyridine rings is 1. The molecule has 0 aliphatic carbocycles. The second-order valence-electron chi connectivity index (χ2n) is 8.49. The molecule has 1 aromatic heterocycles. The Labute approximate surface area is 201 Å². The Hall–Kier alpha value is -2.38. The molecule has 1 aliphatic rings. The van der Waals surface area contributed by atoms with E-state index in [9.17, 15) is 9.90 Å². The highest BCUT2D eigenvalue weighted by Crippen LogP contribution is 2.33. The summed E-state index contributed by atoms with van der Waals surface area (Å²) in [4.78, 5) is 15.4. The molecule has 6 nitrogen and oxygen atoms in total. The molecule has 2 heterocycles. The van der Waals surface area contributed by atoms with Crippen LogP contribution in [0, 0.1) is 0 Å². The summed E-state index contributed by atoms with van der Waals surface area (Å²) in [6.07, 6.45) is 3.10. The van der Waals surface area contributed by atoms with Crippen LogP contribution in [-0.2, 0) is 18.4 Å². The number of β-amino-alcohol motifs (C(OH)–C–C–N with tert-alkyl or cyclic N) is 1. The number of methoxy groups -OCH3 is 1. The second kappa shape index (κ2) is 11.7. The molecule has 1 aliphatic heterocycles. The van der Waals surface area contributed by atoms with Gasteiger partial charge in [0.15, 0.2) is 0 Å². The average molecular weight is 473 g/mol. The van der Waals surface area contributed by atoms with E-state index in [4.69, 9.17) is 9.47 Å². The van der Waals surface area contributed by atoms with Gasteiger partial charge in [-0.1, -0.05) is 36.8 Å². The number of aliphatic hydroxyl groups is 1. The molecule has 2 aromatic carbocycles. The minimum Gasteiger partial charge on any atom is -0.497 e. The molecule has 0 spiro atoms. The van der Waals surface area contributed by atoms with Crippen molar-refractivity contribution in [2.24, 2.45) is 7.05 Å². The van der Waals surface area contributed by atoms with Crippen LogP contribution < -0.4 is 10.3 Å². The molecule has 0 amide bonds. The van der Waals surface area contributed by atoms with Crippen LogP contribution in [0.25, 0.3) is 21.9 Å². The number of hydrogen-bond acceptors (Lipinski definition) is 5. The van der Waals surface area contributed by atoms with Gasteiger partial charge in [0.25, 0.3) is 5.56 Å². The van der Waals surface area contributed by atoms with Crippen molar-refractivity contribution in [2.75, 3.05) is 33.4 Å². The number of benzene rings is 2. The number of aliphatic hydroxyl groups excluding tert-OH is 1. The zero-order valence-electron chi connectivity index (χ0n) is 19.3. The monoisotopic (exact) mass is 472 g/mol. The third kappa shape index (κ3) is 5.76. The van der Waals surface area contributed by atoms with Crippen molar-refractivity contribution in [1.82, 2.24) is 9.47 Å². The molecule has 0 radical (unpaired) electrons. The molecular formula is C26H33ClN2O4. The van der Waals surface area contributed by atoms with E-state index in [0.717, 1.165) is 35.3 Å². The zero-order chi connectivity index (χ0) is 22.5. The lowest BCUT2D eigenvalue weighted by atomic mass is 9.96. The molecule has 0 saturated carbocycles. The number of aromatic nitrogens is 1. The maximum Gasteiger partial charge on any atom is 0.258 e. The Morgan fingerprint density at radius 1 is 1.03 bits per heavy atom. The molecule has 1 fully saturated rings. The smallest absolute Gasteiger partial charge is 0.258 e. The van der Waals surface area contributed by atoms with Crippen molar-refractivity contribution in [3.05, 3.63) is 64.6 Å². The SMILES string of the molecule is COc1ccc2c(=O)n(C)c(COCC(O)CN3CCCCC3)c(-c3ccccc3)c2c1.Cl. The van der Waals surface area contributed by atoms with E-state index >= 15 is 0 Å². The lowest BCUT2D eigenvalue weighted by Gasteiger charge is -2.28. The summed E-state index contributed by atoms with van der Waals surface area (Å²) in [7, 11) is 3.40. The van der Waals surface area contributed by atoms with Crippen molar-refractivity contribution >= 4 is 23.2 Å². The van der Waals surface area contributed by atoms with Gasteiger partial charge in [0.2, 0.25) is 0 Å². The van der Waals surface area contributed by atoms with Gasteiger partial charge in [-0.05, 0) is 49.7 Å². The van der Waals surface area contributed by atoms with Gasteiger partial charge in [-0.2, -0.15) is 0 Å². The molecule has 178 valence electrons. The molecule has 1 atom stereocenters. The van der Waals surface area contributed by atoms with E-state index in [0.29, 0.717) is 17.7 Å². The average Bonchev–Trinajstić information content (AvgIpc) is 2.83. The maximum atomic E-state index is 13.1. The van der Waals surface area contributed by atoms with Gasteiger partial charge >= 0.3 is 0 Å². The molecule has 3 aromatic rings. The van der Waals surface area contributed by atoms with Crippen molar-refractivity contribution in [3.8, 4) is 16.9 Å². The highest BCUT2D eigenvalue weighted by molar-refractivity contribution is 5.98. The number of hydrogen-bond donors (Lipinski definition) is 1. The van der Waals surface area contributed by atoms with Crippen LogP contribution >= 0.6 is 12.4 Å². The summed E-state index contributed by atoms with van der Waals surface area (Å²) in [6.45, 7) is 3.17. The fourth-order valence-corrected chi connectivity index (χ4v) is 4.55. The molecule has 4 rings (SSSR count). The zero-order valence-corrected chi connectivity index (χ0v) is 20.1. The van der Waals surface area contributed by atoms with Crippen molar-refractivity contribution in [2.45, 2.75) is 32.0 Å². The topological polar surface area (TPSA) is 63.9 Å². The number of piperidine rings is 1. The first-order valence-corrected chi connectivity index (χ1v) is 11.3. The standard InChI is InChI=1S/C26H32N2O4.ClH/c1-27-24(18-32-17-20(29)16-28-13-7-4-8-14-28)25(19-9-5-3-6-10-19)23-15-21(31-2)11-12-22(23)26(27)30;/h3,5-6,9-12,15,20,29H,4,7-8,13-14,16-18H2,1-2H3;1H. The summed E-state index contributed by atoms with van der Waals surface area (Å²) in [5, 5.41) is 12.0. The lowest BCUT2D eigenvalue weighted by Crippen LogP contribution is -2.38. The van der Waals surface area contributed by atoms with E-state index in [2.05, 4.69) is 4.90 Å². The Balaban J connectivity index is 0.00000306. The Bertz CT molecular complexity index is 1110. The van der Waals surface area contributed by atoms with E-state index < -0.39 is 6.10 Å². The summed E-state index contributed by atoms with van der Waals surface area (Å²) >= 11 is 0. The van der Waals surface area contributed by atoms with Crippen molar-refractivity contribution < 1.29 is 14.6 Å². The highest BCUT2D eigenvalue weighted by Gasteiger charge is 2.19. The highest BCUT2D eigenvalue weighted by atomic mass is 35.5. The number of likely N-dealkylation sites (tertiary alicyclic amines) is 1. The fraction of sp³-hybridized carbons (Fsp3) is 0.423. The summed E-state index contributed by atoms with van der Waals surface area (Å²) in [5.74, 6) is 0.701. The van der Waals surface area contributed by atoms with E-state index in [1.165, 1.54) is 19.3 Å². The van der Waals surface area contributed by atoms with Crippen LogP contribution in [0.2, 0.25) is 0 Å². The largest absolute Gasteiger partial charge is 0.497 e. The van der Waals surface area contributed by atoms with Crippen LogP contribution in [0.15, 0.2) is 53.3 Å². The first-order chi connectivity index (χ1) is 15.6. The first kappa shape index (κ1) is 25.2. The van der Waals surface area contributed by atoms with Gasteiger partial charge in [0, 0.05) is 29.9 Å². The normalized spacial score (nSPS) is 15.2. The molecule has 33 heavy (non-hydrogen) atoms. The number of fused-ring (bicyclic) bond motifs is 1. The van der Waals surface area contributed by atoms with E-state index in [1.807, 2.05) is 48.5 Å². The molecule has 7 heteroatoms. The third-order valence-electron chi connectivity index (χ3n) is 6.25. The summed E-state index contributed by atoms with van der Waals surface area (Å²) < 4.78 is 13.0. The van der Waals surface area contributed by atoms with Crippen LogP contribution in [0.4, 0.5) is 0 Å². The van der Waals surface area contributed by atoms with E-state index in [-0.39, 0.29) is 31.2 Å². The van der Waals surface area contributed by atoms with Gasteiger partial charge in [-0.15, -0.1) is 12.4 Å². The number of nitrogens with zero attached hydrogens (tertiary/aromatic N) is 2. The van der Waals surface area contributed by atoms with Crippen molar-refractivity contribution in [3.63, 3.8) is 0 Å². The third-order valence-corrected chi connectivity index (χ3v) is 6.25. The van der Waals surface area contributed by atoms with Crippen LogP contribution in [0.5, 0.6) is 5.75 Å². The second-order valence-corrected chi connectivity index (χ2v) is 8.49. The molecule has 1 unspecified atom stereocenters. The molecule has 0 bridgehead atoms. The molecule has 1 N–H and O–H groups in total. The van der Waals surface area contributed by atoms with Crippen LogP contribution in [0.1, 0.15) is 25.0 Å². The van der Waals surface area contributed by atoms with Gasteiger partial charge in [-0.3, -0.25) is 4.79 Å². The minimum absolute atomic E-state index is 0. The predicted octanol–water partition coefficient (Wildman–Crippen LogP) is 4.00. The quantitative estimate of drug-likeness (QED) is 0.537. The summed E-state index contributed by atoms with van der Waals surface area (Å²) in [6, 6.07) is 15.6. The lowest BCUT2D eigenvalue weighted by molar-refractivity contribution is 0.00565. The van der Waals surface area contributed by atoms with Gasteiger partial charge in [-0.25, -0.2) is 0 Å². The number of halogens is 1. The van der Waals surface area contributed by atoms with Gasteiger partial charge < -0.3 is 24.0 Å². The van der Waals surface area contributed by atoms with Gasteiger partial charge in [0.05, 0.1) is 32.1 Å². The predicted molar refractivity (Wildman–Crippen MR) is 134 cm³/mol. The first-order valence-electron chi connectivity index (χ1n) is 11.3. The number of rotatable bonds is 8. The maximum absolute atomic E-state index is 13.1.